The van der Waals surface area contributed by atoms with Crippen molar-refractivity contribution < 1.29 is 23.9 Å². The number of imide groups is 1. The SMILES string of the molecule is O=C(COC(=O)c1cccc(N2C(=O)[C@H]3[C@H]4CC[C@@H](C4)[C@@H]3C2=O)c1)Nc1ccc(Br)cc1. The number of benzene rings is 2. The molecule has 0 radical (unpaired) electrons. The first-order valence-electron chi connectivity index (χ1n) is 10.6. The van der Waals surface area contributed by atoms with Gasteiger partial charge in [-0.2, -0.15) is 0 Å². The van der Waals surface area contributed by atoms with Crippen molar-refractivity contribution in [1.82, 2.24) is 0 Å². The van der Waals surface area contributed by atoms with Crippen LogP contribution in [0.25, 0.3) is 0 Å². The van der Waals surface area contributed by atoms with E-state index in [-0.39, 0.29) is 29.2 Å². The Morgan fingerprint density at radius 3 is 2.31 bits per heavy atom. The van der Waals surface area contributed by atoms with Gasteiger partial charge in [-0.3, -0.25) is 19.3 Å². The Labute approximate surface area is 193 Å². The second-order valence-electron chi connectivity index (χ2n) is 8.58. The predicted octanol–water partition coefficient (Wildman–Crippen LogP) is 3.78. The number of rotatable bonds is 5. The lowest BCUT2D eigenvalue weighted by atomic mass is 9.81. The molecule has 2 aromatic rings. The zero-order valence-electron chi connectivity index (χ0n) is 17.1. The van der Waals surface area contributed by atoms with Gasteiger partial charge in [0, 0.05) is 10.2 Å². The van der Waals surface area contributed by atoms with Crippen LogP contribution in [0, 0.1) is 23.7 Å². The summed E-state index contributed by atoms with van der Waals surface area (Å²) in [6.45, 7) is -0.450. The maximum absolute atomic E-state index is 13.0. The molecule has 4 atom stereocenters. The number of carbonyl (C=O) groups excluding carboxylic acids is 4. The van der Waals surface area contributed by atoms with Gasteiger partial charge < -0.3 is 10.1 Å². The molecule has 7 nitrogen and oxygen atoms in total. The van der Waals surface area contributed by atoms with Crippen LogP contribution in [-0.4, -0.2) is 30.3 Å². The van der Waals surface area contributed by atoms with Crippen LogP contribution in [0.2, 0.25) is 0 Å². The van der Waals surface area contributed by atoms with E-state index in [1.54, 1.807) is 36.4 Å². The molecule has 2 aliphatic carbocycles. The Hall–Kier alpha value is -3.00. The Morgan fingerprint density at radius 1 is 1.00 bits per heavy atom. The number of hydrogen-bond donors (Lipinski definition) is 1. The average Bonchev–Trinajstić information content (AvgIpc) is 3.47. The molecular formula is C24H21BrN2O5. The van der Waals surface area contributed by atoms with Crippen LogP contribution in [-0.2, 0) is 19.1 Å². The first-order valence-corrected chi connectivity index (χ1v) is 11.4. The second-order valence-corrected chi connectivity index (χ2v) is 9.49. The summed E-state index contributed by atoms with van der Waals surface area (Å²) in [7, 11) is 0. The Kier molecular flexibility index (Phi) is 5.33. The molecule has 2 bridgehead atoms. The number of carbonyl (C=O) groups is 4. The fraction of sp³-hybridized carbons (Fsp3) is 0.333. The zero-order valence-corrected chi connectivity index (χ0v) is 18.7. The largest absolute Gasteiger partial charge is 0.452 e. The van der Waals surface area contributed by atoms with Gasteiger partial charge in [-0.15, -0.1) is 0 Å². The van der Waals surface area contributed by atoms with Crippen LogP contribution in [0.4, 0.5) is 11.4 Å². The van der Waals surface area contributed by atoms with Crippen LogP contribution in [0.15, 0.2) is 53.0 Å². The summed E-state index contributed by atoms with van der Waals surface area (Å²) < 4.78 is 6.01. The van der Waals surface area contributed by atoms with E-state index < -0.39 is 18.5 Å². The van der Waals surface area contributed by atoms with E-state index in [0.29, 0.717) is 23.2 Å². The van der Waals surface area contributed by atoms with Crippen LogP contribution < -0.4 is 10.2 Å². The third kappa shape index (κ3) is 3.62. The van der Waals surface area contributed by atoms with E-state index in [4.69, 9.17) is 4.74 Å². The maximum atomic E-state index is 13.0. The van der Waals surface area contributed by atoms with Gasteiger partial charge in [0.05, 0.1) is 23.1 Å². The van der Waals surface area contributed by atoms with Crippen molar-refractivity contribution in [2.24, 2.45) is 23.7 Å². The van der Waals surface area contributed by atoms with Gasteiger partial charge in [-0.1, -0.05) is 22.0 Å². The number of hydrogen-bond acceptors (Lipinski definition) is 5. The molecule has 1 aliphatic heterocycles. The highest BCUT2D eigenvalue weighted by Crippen LogP contribution is 2.56. The summed E-state index contributed by atoms with van der Waals surface area (Å²) in [5.74, 6) is -1.34. The molecular weight excluding hydrogens is 476 g/mol. The fourth-order valence-corrected chi connectivity index (χ4v) is 5.64. The lowest BCUT2D eigenvalue weighted by molar-refractivity contribution is -0.123. The quantitative estimate of drug-likeness (QED) is 0.502. The van der Waals surface area contributed by atoms with Gasteiger partial charge in [0.1, 0.15) is 0 Å². The van der Waals surface area contributed by atoms with E-state index in [1.807, 2.05) is 0 Å². The number of fused-ring (bicyclic) bond motifs is 5. The molecule has 3 amide bonds. The molecule has 5 rings (SSSR count). The first kappa shape index (κ1) is 20.9. The van der Waals surface area contributed by atoms with Crippen LogP contribution in [0.1, 0.15) is 29.6 Å². The van der Waals surface area contributed by atoms with E-state index in [2.05, 4.69) is 21.2 Å². The lowest BCUT2D eigenvalue weighted by Gasteiger charge is -2.19. The van der Waals surface area contributed by atoms with Gasteiger partial charge in [-0.05, 0) is 73.6 Å². The van der Waals surface area contributed by atoms with Gasteiger partial charge in [0.15, 0.2) is 6.61 Å². The minimum atomic E-state index is -0.697. The average molecular weight is 497 g/mol. The molecule has 3 aliphatic rings. The second kappa shape index (κ2) is 8.16. The number of nitrogens with zero attached hydrogens (tertiary/aromatic N) is 1. The Bertz CT molecular complexity index is 1090. The van der Waals surface area contributed by atoms with Crippen molar-refractivity contribution >= 4 is 51.0 Å². The molecule has 1 saturated heterocycles. The van der Waals surface area contributed by atoms with Crippen molar-refractivity contribution in [3.8, 4) is 0 Å². The Balaban J connectivity index is 1.24. The molecule has 2 aromatic carbocycles. The maximum Gasteiger partial charge on any atom is 0.338 e. The van der Waals surface area contributed by atoms with Gasteiger partial charge in [-0.25, -0.2) is 4.79 Å². The number of esters is 1. The van der Waals surface area contributed by atoms with Gasteiger partial charge >= 0.3 is 5.97 Å². The molecule has 3 fully saturated rings. The predicted molar refractivity (Wildman–Crippen MR) is 120 cm³/mol. The lowest BCUT2D eigenvalue weighted by Crippen LogP contribution is -2.32. The summed E-state index contributed by atoms with van der Waals surface area (Å²) in [6.07, 6.45) is 2.98. The topological polar surface area (TPSA) is 92.8 Å². The van der Waals surface area contributed by atoms with E-state index in [1.165, 1.54) is 17.0 Å². The minimum Gasteiger partial charge on any atom is -0.452 e. The van der Waals surface area contributed by atoms with E-state index >= 15 is 0 Å². The molecule has 164 valence electrons. The summed E-state index contributed by atoms with van der Waals surface area (Å²) in [4.78, 5) is 51.8. The molecule has 0 aromatic heterocycles. The number of halogens is 1. The molecule has 32 heavy (non-hydrogen) atoms. The third-order valence-electron chi connectivity index (χ3n) is 6.73. The summed E-state index contributed by atoms with van der Waals surface area (Å²) in [5, 5.41) is 2.65. The molecule has 1 heterocycles. The van der Waals surface area contributed by atoms with Gasteiger partial charge in [0.2, 0.25) is 11.8 Å². The highest BCUT2D eigenvalue weighted by Gasteiger charge is 2.61. The number of ether oxygens (including phenoxy) is 1. The number of anilines is 2. The van der Waals surface area contributed by atoms with Crippen molar-refractivity contribution in [3.63, 3.8) is 0 Å². The van der Waals surface area contributed by atoms with E-state index in [0.717, 1.165) is 23.7 Å². The molecule has 2 saturated carbocycles. The Morgan fingerprint density at radius 2 is 1.66 bits per heavy atom. The monoisotopic (exact) mass is 496 g/mol. The van der Waals surface area contributed by atoms with Crippen molar-refractivity contribution in [3.05, 3.63) is 58.6 Å². The molecule has 8 heteroatoms. The smallest absolute Gasteiger partial charge is 0.338 e. The first-order chi connectivity index (χ1) is 15.4. The van der Waals surface area contributed by atoms with Crippen molar-refractivity contribution in [2.75, 3.05) is 16.8 Å². The third-order valence-corrected chi connectivity index (χ3v) is 7.26. The highest BCUT2D eigenvalue weighted by molar-refractivity contribution is 9.10. The summed E-state index contributed by atoms with van der Waals surface area (Å²) in [5.41, 5.74) is 1.14. The molecule has 0 spiro atoms. The summed E-state index contributed by atoms with van der Waals surface area (Å²) >= 11 is 3.32. The van der Waals surface area contributed by atoms with Crippen molar-refractivity contribution in [2.45, 2.75) is 19.3 Å². The summed E-state index contributed by atoms with van der Waals surface area (Å²) in [6, 6.07) is 13.3. The minimum absolute atomic E-state index is 0.161. The highest BCUT2D eigenvalue weighted by atomic mass is 79.9. The molecule has 0 unspecified atom stereocenters. The van der Waals surface area contributed by atoms with Crippen LogP contribution in [0.3, 0.4) is 0 Å². The van der Waals surface area contributed by atoms with E-state index in [9.17, 15) is 19.2 Å². The zero-order chi connectivity index (χ0) is 22.4. The number of amides is 3. The number of nitrogens with one attached hydrogen (secondary N) is 1. The fourth-order valence-electron chi connectivity index (χ4n) is 5.38. The standard InChI is InChI=1S/C24H21BrN2O5/c25-16-6-8-17(9-7-16)26-19(28)12-32-24(31)15-2-1-3-18(11-15)27-22(29)20-13-4-5-14(10-13)21(20)23(27)30/h1-3,6-9,11,13-14,20-21H,4-5,10,12H2,(H,26,28)/t13-,14-,20-,21-/m0/s1. The normalized spacial score (nSPS) is 25.7. The molecule has 1 N–H and O–H groups in total. The van der Waals surface area contributed by atoms with Crippen molar-refractivity contribution in [1.29, 1.82) is 0 Å². The van der Waals surface area contributed by atoms with Crippen LogP contribution in [0.5, 0.6) is 0 Å². The van der Waals surface area contributed by atoms with Gasteiger partial charge in [0.25, 0.3) is 5.91 Å². The van der Waals surface area contributed by atoms with Crippen LogP contribution >= 0.6 is 15.9 Å².